The second-order valence-electron chi connectivity index (χ2n) is 10.7. The molecular weight excluding hydrogens is 546 g/mol. The summed E-state index contributed by atoms with van der Waals surface area (Å²) in [5, 5.41) is 10.9. The average molecular weight is 584 g/mol. The first-order valence-corrected chi connectivity index (χ1v) is 14.3. The molecular formula is C33H37N5O5. The summed E-state index contributed by atoms with van der Waals surface area (Å²) in [7, 11) is 4.93. The molecule has 1 unspecified atom stereocenters. The van der Waals surface area contributed by atoms with E-state index in [1.54, 1.807) is 37.4 Å². The highest BCUT2D eigenvalue weighted by Crippen LogP contribution is 2.39. The smallest absolute Gasteiger partial charge is 0.338 e. The zero-order chi connectivity index (χ0) is 30.5. The number of hydrogen-bond donors (Lipinski definition) is 3. The van der Waals surface area contributed by atoms with Crippen molar-refractivity contribution in [1.82, 2.24) is 15.3 Å². The second-order valence-corrected chi connectivity index (χ2v) is 10.7. The van der Waals surface area contributed by atoms with Crippen LogP contribution < -0.4 is 16.0 Å². The monoisotopic (exact) mass is 583 g/mol. The fourth-order valence-corrected chi connectivity index (χ4v) is 5.45. The van der Waals surface area contributed by atoms with Crippen molar-refractivity contribution in [2.75, 3.05) is 58.1 Å². The van der Waals surface area contributed by atoms with Crippen molar-refractivity contribution in [3.05, 3.63) is 94.5 Å². The number of likely N-dealkylation sites (tertiary alicyclic amines) is 1. The molecule has 10 heteroatoms. The van der Waals surface area contributed by atoms with E-state index in [1.165, 1.54) is 12.2 Å². The number of ether oxygens (including phenoxy) is 1. The third-order valence-corrected chi connectivity index (χ3v) is 7.89. The number of benzene rings is 3. The molecule has 0 spiro atoms. The summed E-state index contributed by atoms with van der Waals surface area (Å²) in [6, 6.07) is 20.6. The molecule has 1 fully saturated rings. The van der Waals surface area contributed by atoms with Gasteiger partial charge in [0.25, 0.3) is 11.8 Å². The number of anilines is 2. The maximum absolute atomic E-state index is 13.3. The molecule has 224 valence electrons. The van der Waals surface area contributed by atoms with E-state index in [2.05, 4.69) is 20.9 Å². The summed E-state index contributed by atoms with van der Waals surface area (Å²) < 4.78 is 4.90. The van der Waals surface area contributed by atoms with E-state index in [1.807, 2.05) is 50.4 Å². The lowest BCUT2D eigenvalue weighted by Gasteiger charge is -2.20. The maximum Gasteiger partial charge on any atom is 0.338 e. The number of nitrogens with zero attached hydrogens (tertiary/aromatic N) is 2. The number of hydrogen-bond acceptors (Lipinski definition) is 8. The van der Waals surface area contributed by atoms with Crippen LogP contribution in [0, 0.1) is 6.92 Å². The number of likely N-dealkylation sites (N-methyl/N-ethyl adjacent to an activating group) is 1. The molecule has 0 aromatic heterocycles. The number of carbonyl (C=O) groups excluding carboxylic acids is 3. The number of carbonyl (C=O) groups is 3. The third-order valence-electron chi connectivity index (χ3n) is 7.89. The third kappa shape index (κ3) is 6.61. The summed E-state index contributed by atoms with van der Waals surface area (Å²) >= 11 is 0. The molecule has 10 nitrogen and oxygen atoms in total. The average Bonchev–Trinajstić information content (AvgIpc) is 3.62. The van der Waals surface area contributed by atoms with Crippen LogP contribution in [0.3, 0.4) is 0 Å². The first-order chi connectivity index (χ1) is 20.8. The van der Waals surface area contributed by atoms with Crippen molar-refractivity contribution in [3.8, 4) is 0 Å². The zero-order valence-corrected chi connectivity index (χ0v) is 24.9. The Labute approximate surface area is 251 Å². The van der Waals surface area contributed by atoms with Crippen molar-refractivity contribution in [2.45, 2.75) is 19.4 Å². The van der Waals surface area contributed by atoms with Gasteiger partial charge in [0.1, 0.15) is 0 Å². The molecule has 0 aliphatic carbocycles. The summed E-state index contributed by atoms with van der Waals surface area (Å²) in [6.07, 6.45) is 1.11. The maximum atomic E-state index is 13.3. The van der Waals surface area contributed by atoms with Crippen LogP contribution in [0.4, 0.5) is 11.4 Å². The molecule has 0 bridgehead atoms. The zero-order valence-electron chi connectivity index (χ0n) is 24.9. The predicted molar refractivity (Wildman–Crippen MR) is 166 cm³/mol. The molecule has 0 saturated carbocycles. The van der Waals surface area contributed by atoms with Gasteiger partial charge in [0.15, 0.2) is 0 Å². The van der Waals surface area contributed by atoms with Gasteiger partial charge in [-0.25, -0.2) is 9.86 Å². The molecule has 2 heterocycles. The lowest BCUT2D eigenvalue weighted by molar-refractivity contribution is -0.110. The van der Waals surface area contributed by atoms with Gasteiger partial charge in [-0.3, -0.25) is 19.3 Å². The number of methoxy groups -OCH3 is 1. The number of nitrogens with one attached hydrogen (secondary N) is 3. The molecule has 3 aromatic rings. The molecule has 43 heavy (non-hydrogen) atoms. The van der Waals surface area contributed by atoms with Crippen LogP contribution in [0.2, 0.25) is 0 Å². The highest BCUT2D eigenvalue weighted by atomic mass is 16.7. The Hall–Kier alpha value is -4.51. The van der Waals surface area contributed by atoms with Crippen LogP contribution in [0.15, 0.2) is 66.7 Å². The van der Waals surface area contributed by atoms with E-state index in [4.69, 9.17) is 9.57 Å². The minimum Gasteiger partial charge on any atom is -0.465 e. The van der Waals surface area contributed by atoms with Crippen LogP contribution in [-0.4, -0.2) is 81.2 Å². The number of rotatable bonds is 10. The molecule has 3 N–H and O–H groups in total. The Balaban J connectivity index is 1.34. The molecule has 5 rings (SSSR count). The molecule has 3 aromatic carbocycles. The Morgan fingerprint density at radius 1 is 1.07 bits per heavy atom. The van der Waals surface area contributed by atoms with Gasteiger partial charge >= 0.3 is 5.97 Å². The first-order valence-electron chi connectivity index (χ1n) is 14.3. The van der Waals surface area contributed by atoms with Crippen molar-refractivity contribution in [1.29, 1.82) is 0 Å². The predicted octanol–water partition coefficient (Wildman–Crippen LogP) is 4.01. The first kappa shape index (κ1) is 30.0. The van der Waals surface area contributed by atoms with Gasteiger partial charge in [-0.05, 0) is 74.5 Å². The lowest BCUT2D eigenvalue weighted by Crippen LogP contribution is -2.34. The second kappa shape index (κ2) is 13.2. The topological polar surface area (TPSA) is 112 Å². The fraction of sp³-hybridized carbons (Fsp3) is 0.303. The largest absolute Gasteiger partial charge is 0.465 e. The van der Waals surface area contributed by atoms with Gasteiger partial charge in [-0.15, -0.1) is 0 Å². The van der Waals surface area contributed by atoms with E-state index >= 15 is 0 Å². The summed E-state index contributed by atoms with van der Waals surface area (Å²) in [5.74, 6) is -0.999. The molecule has 1 atom stereocenters. The van der Waals surface area contributed by atoms with Crippen LogP contribution >= 0.6 is 0 Å². The number of aryl methyl sites for hydroxylation is 1. The minimum atomic E-state index is -0.465. The number of amides is 2. The Bertz CT molecular complexity index is 1540. The quantitative estimate of drug-likeness (QED) is 0.187. The van der Waals surface area contributed by atoms with Gasteiger partial charge in [0.05, 0.1) is 36.2 Å². The van der Waals surface area contributed by atoms with Crippen LogP contribution in [0.5, 0.6) is 0 Å². The summed E-state index contributed by atoms with van der Waals surface area (Å²) in [4.78, 5) is 46.6. The number of fused-ring (bicyclic) bond motifs is 1. The van der Waals surface area contributed by atoms with Crippen molar-refractivity contribution in [3.63, 3.8) is 0 Å². The van der Waals surface area contributed by atoms with E-state index in [-0.39, 0.29) is 11.8 Å². The highest BCUT2D eigenvalue weighted by molar-refractivity contribution is 6.37. The van der Waals surface area contributed by atoms with Gasteiger partial charge in [0.2, 0.25) is 0 Å². The standard InChI is InChI=1S/C33H37N5O5/c1-21-18-27-28(19-26(21)33(41)42-4)36-31(39)29(27)30(22-8-6-5-7-9-22)35-24-12-10-23(11-13-24)32(40)37(3)43-17-16-38-15-14-25(20-38)34-2/h5-13,18-19,25,34-35H,14-17,20H2,1-4H3,(H,36,39)/b30-29-. The molecule has 0 radical (unpaired) electrons. The highest BCUT2D eigenvalue weighted by Gasteiger charge is 2.30. The Morgan fingerprint density at radius 3 is 2.49 bits per heavy atom. The number of esters is 1. The van der Waals surface area contributed by atoms with E-state index < -0.39 is 5.97 Å². The van der Waals surface area contributed by atoms with Gasteiger partial charge in [-0.2, -0.15) is 0 Å². The van der Waals surface area contributed by atoms with Crippen molar-refractivity contribution in [2.24, 2.45) is 0 Å². The molecule has 2 aliphatic rings. The van der Waals surface area contributed by atoms with E-state index in [0.29, 0.717) is 57.5 Å². The molecule has 2 amide bonds. The van der Waals surface area contributed by atoms with Crippen LogP contribution in [0.25, 0.3) is 11.3 Å². The van der Waals surface area contributed by atoms with Crippen LogP contribution in [-0.2, 0) is 14.4 Å². The minimum absolute atomic E-state index is 0.247. The van der Waals surface area contributed by atoms with Crippen molar-refractivity contribution >= 4 is 40.4 Å². The molecule has 1 saturated heterocycles. The summed E-state index contributed by atoms with van der Waals surface area (Å²) in [5.41, 5.74) is 5.35. The van der Waals surface area contributed by atoms with Gasteiger partial charge in [-0.1, -0.05) is 30.3 Å². The SMILES string of the molecule is CNC1CCN(CCON(C)C(=O)c2ccc(N/C(=C3\C(=O)Nc4cc(C(=O)OC)c(C)cc43)c3ccccc3)cc2)C1. The normalized spacial score (nSPS) is 17.3. The lowest BCUT2D eigenvalue weighted by atomic mass is 9.96. The number of hydroxylamine groups is 2. The van der Waals surface area contributed by atoms with Crippen LogP contribution in [0.1, 0.15) is 43.8 Å². The fourth-order valence-electron chi connectivity index (χ4n) is 5.45. The van der Waals surface area contributed by atoms with Crippen molar-refractivity contribution < 1.29 is 24.0 Å². The van der Waals surface area contributed by atoms with E-state index in [9.17, 15) is 14.4 Å². The molecule has 2 aliphatic heterocycles. The summed E-state index contributed by atoms with van der Waals surface area (Å²) in [6.45, 7) is 4.99. The Morgan fingerprint density at radius 2 is 1.81 bits per heavy atom. The Kier molecular flexibility index (Phi) is 9.20. The van der Waals surface area contributed by atoms with Gasteiger partial charge < -0.3 is 20.7 Å². The van der Waals surface area contributed by atoms with E-state index in [0.717, 1.165) is 31.6 Å². The van der Waals surface area contributed by atoms with Gasteiger partial charge in [0, 0.05) is 43.0 Å².